The van der Waals surface area contributed by atoms with Crippen LogP contribution in [0.2, 0.25) is 0 Å². The van der Waals surface area contributed by atoms with Crippen molar-refractivity contribution < 1.29 is 9.53 Å². The van der Waals surface area contributed by atoms with Gasteiger partial charge in [-0.2, -0.15) is 0 Å². The highest BCUT2D eigenvalue weighted by molar-refractivity contribution is 7.10. The van der Waals surface area contributed by atoms with Crippen LogP contribution in [0.3, 0.4) is 0 Å². The number of ketones is 1. The lowest BCUT2D eigenvalue weighted by molar-refractivity contribution is 0.0106. The molecule has 0 aromatic carbocycles. The van der Waals surface area contributed by atoms with Gasteiger partial charge in [-0.15, -0.1) is 11.3 Å². The van der Waals surface area contributed by atoms with Crippen molar-refractivity contribution in [3.05, 3.63) is 21.9 Å². The number of carbonyl (C=O) groups is 1. The van der Waals surface area contributed by atoms with Crippen molar-refractivity contribution in [2.24, 2.45) is 0 Å². The van der Waals surface area contributed by atoms with E-state index in [1.54, 1.807) is 18.4 Å². The fraction of sp³-hybridized carbons (Fsp3) is 0.545. The zero-order valence-corrected chi connectivity index (χ0v) is 9.90. The lowest BCUT2D eigenvalue weighted by atomic mass is 9.92. The van der Waals surface area contributed by atoms with Gasteiger partial charge in [-0.25, -0.2) is 0 Å². The number of thiophene rings is 1. The first-order valence-corrected chi connectivity index (χ1v) is 5.57. The van der Waals surface area contributed by atoms with Crippen molar-refractivity contribution in [2.45, 2.75) is 32.8 Å². The fourth-order valence-corrected chi connectivity index (χ4v) is 2.00. The zero-order valence-electron chi connectivity index (χ0n) is 9.09. The number of hydrogen-bond donors (Lipinski definition) is 0. The molecule has 1 aromatic rings. The third kappa shape index (κ3) is 1.88. The van der Waals surface area contributed by atoms with Crippen LogP contribution in [0.5, 0.6) is 0 Å². The number of carbonyl (C=O) groups excluding carboxylic acids is 1. The third-order valence-electron chi connectivity index (χ3n) is 2.71. The summed E-state index contributed by atoms with van der Waals surface area (Å²) in [6, 6.07) is 1.87. The van der Waals surface area contributed by atoms with Crippen LogP contribution in [0.15, 0.2) is 11.4 Å². The van der Waals surface area contributed by atoms with Gasteiger partial charge >= 0.3 is 0 Å². The number of rotatable bonds is 4. The molecule has 2 nitrogen and oxygen atoms in total. The summed E-state index contributed by atoms with van der Waals surface area (Å²) in [5.74, 6) is 0.0845. The Labute approximate surface area is 88.9 Å². The molecule has 0 radical (unpaired) electrons. The molecule has 0 aliphatic rings. The topological polar surface area (TPSA) is 26.3 Å². The molecule has 1 rings (SSSR count). The predicted octanol–water partition coefficient (Wildman–Crippen LogP) is 3.05. The molecule has 0 N–H and O–H groups in total. The van der Waals surface area contributed by atoms with E-state index in [0.717, 1.165) is 10.4 Å². The maximum Gasteiger partial charge on any atom is 0.195 e. The first-order chi connectivity index (χ1) is 6.55. The summed E-state index contributed by atoms with van der Waals surface area (Å²) < 4.78 is 5.28. The van der Waals surface area contributed by atoms with Crippen molar-refractivity contribution in [1.82, 2.24) is 0 Å². The van der Waals surface area contributed by atoms with Crippen LogP contribution in [-0.4, -0.2) is 18.5 Å². The smallest absolute Gasteiger partial charge is 0.195 e. The highest BCUT2D eigenvalue weighted by Crippen LogP contribution is 2.25. The van der Waals surface area contributed by atoms with Crippen molar-refractivity contribution in [2.75, 3.05) is 7.11 Å². The van der Waals surface area contributed by atoms with E-state index in [2.05, 4.69) is 0 Å². The van der Waals surface area contributed by atoms with E-state index in [4.69, 9.17) is 4.74 Å². The van der Waals surface area contributed by atoms with Crippen LogP contribution in [0, 0.1) is 6.92 Å². The largest absolute Gasteiger partial charge is 0.370 e. The van der Waals surface area contributed by atoms with Gasteiger partial charge in [0.25, 0.3) is 0 Å². The van der Waals surface area contributed by atoms with Gasteiger partial charge in [0.2, 0.25) is 0 Å². The van der Waals surface area contributed by atoms with Crippen LogP contribution in [0.4, 0.5) is 0 Å². The quantitative estimate of drug-likeness (QED) is 0.717. The Kier molecular flexibility index (Phi) is 3.45. The molecule has 0 saturated heterocycles. The molecule has 0 fully saturated rings. The van der Waals surface area contributed by atoms with Gasteiger partial charge in [0, 0.05) is 17.6 Å². The number of ether oxygens (including phenoxy) is 1. The molecule has 0 amide bonds. The van der Waals surface area contributed by atoms with Gasteiger partial charge in [0.1, 0.15) is 5.60 Å². The van der Waals surface area contributed by atoms with Gasteiger partial charge in [-0.05, 0) is 31.7 Å². The summed E-state index contributed by atoms with van der Waals surface area (Å²) >= 11 is 1.59. The van der Waals surface area contributed by atoms with Crippen molar-refractivity contribution in [1.29, 1.82) is 0 Å². The lowest BCUT2D eigenvalue weighted by Crippen LogP contribution is -2.36. The van der Waals surface area contributed by atoms with Crippen molar-refractivity contribution >= 4 is 17.1 Å². The van der Waals surface area contributed by atoms with Gasteiger partial charge in [0.05, 0.1) is 0 Å². The van der Waals surface area contributed by atoms with E-state index in [1.165, 1.54) is 0 Å². The van der Waals surface area contributed by atoms with E-state index >= 15 is 0 Å². The minimum Gasteiger partial charge on any atom is -0.370 e. The average Bonchev–Trinajstić information content (AvgIpc) is 2.62. The minimum absolute atomic E-state index is 0.0845. The average molecular weight is 212 g/mol. The molecule has 1 heterocycles. The molecule has 0 aliphatic carbocycles. The molecule has 1 atom stereocenters. The monoisotopic (exact) mass is 212 g/mol. The standard InChI is InChI=1S/C11H16O2S/c1-5-11(3,13-4)10(12)9-6-7-14-8(9)2/h6-7H,5H2,1-4H3. The van der Waals surface area contributed by atoms with Crippen LogP contribution in [0.25, 0.3) is 0 Å². The summed E-state index contributed by atoms with van der Waals surface area (Å²) in [5.41, 5.74) is 0.118. The normalized spacial score (nSPS) is 15.1. The molecule has 0 saturated carbocycles. The van der Waals surface area contributed by atoms with E-state index in [1.807, 2.05) is 32.2 Å². The maximum atomic E-state index is 12.1. The first-order valence-electron chi connectivity index (χ1n) is 4.69. The Hall–Kier alpha value is -0.670. The van der Waals surface area contributed by atoms with Crippen LogP contribution < -0.4 is 0 Å². The minimum atomic E-state index is -0.675. The van der Waals surface area contributed by atoms with E-state index in [0.29, 0.717) is 6.42 Å². The lowest BCUT2D eigenvalue weighted by Gasteiger charge is -2.24. The van der Waals surface area contributed by atoms with E-state index in [9.17, 15) is 4.79 Å². The summed E-state index contributed by atoms with van der Waals surface area (Å²) in [5, 5.41) is 1.94. The molecule has 0 bridgehead atoms. The van der Waals surface area contributed by atoms with Gasteiger partial charge < -0.3 is 4.74 Å². The molecular formula is C11H16O2S. The molecule has 0 spiro atoms. The highest BCUT2D eigenvalue weighted by Gasteiger charge is 2.32. The van der Waals surface area contributed by atoms with E-state index in [-0.39, 0.29) is 5.78 Å². The zero-order chi connectivity index (χ0) is 10.8. The molecule has 1 aromatic heterocycles. The summed E-state index contributed by atoms with van der Waals surface area (Å²) in [7, 11) is 1.59. The molecule has 0 aliphatic heterocycles. The molecular weight excluding hydrogens is 196 g/mol. The maximum absolute atomic E-state index is 12.1. The predicted molar refractivity (Wildman–Crippen MR) is 59.1 cm³/mol. The Balaban J connectivity index is 3.01. The number of Topliss-reactive ketones (excluding diaryl/α,β-unsaturated/α-hetero) is 1. The third-order valence-corrected chi connectivity index (χ3v) is 3.55. The molecule has 78 valence electrons. The highest BCUT2D eigenvalue weighted by atomic mass is 32.1. The fourth-order valence-electron chi connectivity index (χ4n) is 1.30. The van der Waals surface area contributed by atoms with Crippen LogP contribution >= 0.6 is 11.3 Å². The molecule has 3 heteroatoms. The molecule has 1 unspecified atom stereocenters. The Morgan fingerprint density at radius 3 is 2.64 bits per heavy atom. The van der Waals surface area contributed by atoms with Crippen LogP contribution in [-0.2, 0) is 4.74 Å². The number of methoxy groups -OCH3 is 1. The van der Waals surface area contributed by atoms with Crippen molar-refractivity contribution in [3.63, 3.8) is 0 Å². The molecule has 14 heavy (non-hydrogen) atoms. The second-order valence-corrected chi connectivity index (χ2v) is 4.63. The first kappa shape index (κ1) is 11.4. The van der Waals surface area contributed by atoms with Crippen LogP contribution in [0.1, 0.15) is 35.5 Å². The van der Waals surface area contributed by atoms with Gasteiger partial charge in [0.15, 0.2) is 5.78 Å². The summed E-state index contributed by atoms with van der Waals surface area (Å²) in [4.78, 5) is 13.2. The number of hydrogen-bond acceptors (Lipinski definition) is 3. The van der Waals surface area contributed by atoms with Crippen molar-refractivity contribution in [3.8, 4) is 0 Å². The number of aryl methyl sites for hydroxylation is 1. The Bertz CT molecular complexity index is 324. The summed E-state index contributed by atoms with van der Waals surface area (Å²) in [6.07, 6.45) is 0.692. The Morgan fingerprint density at radius 2 is 2.29 bits per heavy atom. The Morgan fingerprint density at radius 1 is 1.64 bits per heavy atom. The van der Waals surface area contributed by atoms with Gasteiger partial charge in [-0.1, -0.05) is 6.92 Å². The second-order valence-electron chi connectivity index (χ2n) is 3.51. The SMILES string of the molecule is CCC(C)(OC)C(=O)c1ccsc1C. The van der Waals surface area contributed by atoms with E-state index < -0.39 is 5.60 Å². The second kappa shape index (κ2) is 4.24. The van der Waals surface area contributed by atoms with Gasteiger partial charge in [-0.3, -0.25) is 4.79 Å². The summed E-state index contributed by atoms with van der Waals surface area (Å²) in [6.45, 7) is 5.76.